The summed E-state index contributed by atoms with van der Waals surface area (Å²) in [6.07, 6.45) is 2.73. The van der Waals surface area contributed by atoms with E-state index in [1.165, 1.54) is 23.5 Å². The van der Waals surface area contributed by atoms with E-state index in [4.69, 9.17) is 0 Å². The molecular formula is C22H23N3O5S2. The molecule has 2 aliphatic rings. The van der Waals surface area contributed by atoms with Crippen LogP contribution in [-0.2, 0) is 14.8 Å². The number of amides is 3. The van der Waals surface area contributed by atoms with E-state index in [1.54, 1.807) is 42.1 Å². The number of benzene rings is 2. The number of thioether (sulfide) groups is 1. The molecule has 0 radical (unpaired) electrons. The average molecular weight is 474 g/mol. The summed E-state index contributed by atoms with van der Waals surface area (Å²) >= 11 is 1.54. The summed E-state index contributed by atoms with van der Waals surface area (Å²) in [6, 6.07) is 11.4. The summed E-state index contributed by atoms with van der Waals surface area (Å²) in [5, 5.41) is 2.80. The van der Waals surface area contributed by atoms with Crippen LogP contribution in [0, 0.1) is 5.92 Å². The highest BCUT2D eigenvalue weighted by Gasteiger charge is 2.34. The van der Waals surface area contributed by atoms with Crippen LogP contribution in [0.1, 0.15) is 33.6 Å². The quantitative estimate of drug-likeness (QED) is 0.529. The zero-order valence-corrected chi connectivity index (χ0v) is 19.3. The number of fused-ring (bicyclic) bond motifs is 1. The third-order valence-corrected chi connectivity index (χ3v) is 8.54. The number of rotatable bonds is 5. The number of nitrogens with one attached hydrogen (secondary N) is 1. The average Bonchev–Trinajstić information content (AvgIpc) is 3.02. The fourth-order valence-corrected chi connectivity index (χ4v) is 5.82. The van der Waals surface area contributed by atoms with Crippen LogP contribution in [0.25, 0.3) is 0 Å². The maximum Gasteiger partial charge on any atom is 0.261 e. The number of sulfonamides is 1. The Kier molecular flexibility index (Phi) is 6.11. The number of hydrogen-bond acceptors (Lipinski definition) is 6. The van der Waals surface area contributed by atoms with E-state index >= 15 is 0 Å². The molecular weight excluding hydrogens is 450 g/mol. The van der Waals surface area contributed by atoms with Crippen molar-refractivity contribution >= 4 is 45.2 Å². The number of anilines is 1. The second-order valence-corrected chi connectivity index (χ2v) is 10.6. The molecule has 10 heteroatoms. The molecule has 2 aromatic rings. The van der Waals surface area contributed by atoms with Gasteiger partial charge in [-0.1, -0.05) is 0 Å². The molecule has 2 aromatic carbocycles. The minimum Gasteiger partial charge on any atom is -0.326 e. The Morgan fingerprint density at radius 1 is 1.00 bits per heavy atom. The Morgan fingerprint density at radius 3 is 2.25 bits per heavy atom. The van der Waals surface area contributed by atoms with Crippen LogP contribution in [0.3, 0.4) is 0 Å². The number of imide groups is 1. The van der Waals surface area contributed by atoms with Gasteiger partial charge in [-0.05, 0) is 61.6 Å². The lowest BCUT2D eigenvalue weighted by Crippen LogP contribution is -2.41. The second kappa shape index (κ2) is 8.68. The highest BCUT2D eigenvalue weighted by Crippen LogP contribution is 2.28. The van der Waals surface area contributed by atoms with Gasteiger partial charge in [0.05, 0.1) is 16.0 Å². The van der Waals surface area contributed by atoms with Crippen molar-refractivity contribution in [2.45, 2.75) is 22.6 Å². The van der Waals surface area contributed by atoms with Gasteiger partial charge in [-0.2, -0.15) is 4.31 Å². The molecule has 0 atom stereocenters. The first-order valence-corrected chi connectivity index (χ1v) is 12.8. The van der Waals surface area contributed by atoms with Gasteiger partial charge in [0, 0.05) is 36.6 Å². The van der Waals surface area contributed by atoms with Crippen LogP contribution >= 0.6 is 11.8 Å². The third kappa shape index (κ3) is 4.05. The first kappa shape index (κ1) is 22.5. The SMILES string of the molecule is CSc1ccc(S(=O)(=O)N2CCC(C(=O)Nc3ccc4c(c3)C(=O)N(C)C4=O)CC2)cc1. The monoisotopic (exact) mass is 473 g/mol. The van der Waals surface area contributed by atoms with Crippen molar-refractivity contribution in [3.8, 4) is 0 Å². The summed E-state index contributed by atoms with van der Waals surface area (Å²) in [6.45, 7) is 0.513. The smallest absolute Gasteiger partial charge is 0.261 e. The van der Waals surface area contributed by atoms with E-state index in [-0.39, 0.29) is 41.3 Å². The lowest BCUT2D eigenvalue weighted by molar-refractivity contribution is -0.120. The lowest BCUT2D eigenvalue weighted by Gasteiger charge is -2.30. The maximum absolute atomic E-state index is 12.9. The Labute approximate surface area is 191 Å². The normalized spacial score (nSPS) is 17.5. The van der Waals surface area contributed by atoms with E-state index in [0.29, 0.717) is 24.1 Å². The van der Waals surface area contributed by atoms with Crippen molar-refractivity contribution in [3.05, 3.63) is 53.6 Å². The molecule has 8 nitrogen and oxygen atoms in total. The molecule has 4 rings (SSSR count). The van der Waals surface area contributed by atoms with Gasteiger partial charge < -0.3 is 5.32 Å². The summed E-state index contributed by atoms with van der Waals surface area (Å²) in [4.78, 5) is 39.2. The minimum absolute atomic E-state index is 0.226. The van der Waals surface area contributed by atoms with Crippen LogP contribution in [0.2, 0.25) is 0 Å². The van der Waals surface area contributed by atoms with Gasteiger partial charge in [-0.15, -0.1) is 11.8 Å². The van der Waals surface area contributed by atoms with E-state index in [1.807, 2.05) is 6.26 Å². The molecule has 1 fully saturated rings. The van der Waals surface area contributed by atoms with Gasteiger partial charge in [0.25, 0.3) is 11.8 Å². The molecule has 1 N–H and O–H groups in total. The number of piperidine rings is 1. The molecule has 0 bridgehead atoms. The summed E-state index contributed by atoms with van der Waals surface area (Å²) < 4.78 is 27.2. The van der Waals surface area contributed by atoms with Crippen LogP contribution in [-0.4, -0.2) is 61.7 Å². The van der Waals surface area contributed by atoms with Gasteiger partial charge in [0.2, 0.25) is 15.9 Å². The molecule has 3 amide bonds. The van der Waals surface area contributed by atoms with Gasteiger partial charge in [0.1, 0.15) is 0 Å². The lowest BCUT2D eigenvalue weighted by atomic mass is 9.97. The molecule has 32 heavy (non-hydrogen) atoms. The van der Waals surface area contributed by atoms with Crippen molar-refractivity contribution < 1.29 is 22.8 Å². The Hall–Kier alpha value is -2.69. The molecule has 0 unspecified atom stereocenters. The van der Waals surface area contributed by atoms with E-state index in [2.05, 4.69) is 5.32 Å². The summed E-state index contributed by atoms with van der Waals surface area (Å²) in [5.41, 5.74) is 1.03. The van der Waals surface area contributed by atoms with E-state index in [0.717, 1.165) is 9.80 Å². The largest absolute Gasteiger partial charge is 0.326 e. The number of carbonyl (C=O) groups excluding carboxylic acids is 3. The van der Waals surface area contributed by atoms with Crippen molar-refractivity contribution in [1.29, 1.82) is 0 Å². The third-order valence-electron chi connectivity index (χ3n) is 5.88. The van der Waals surface area contributed by atoms with Crippen LogP contribution < -0.4 is 5.32 Å². The van der Waals surface area contributed by atoms with Crippen molar-refractivity contribution in [1.82, 2.24) is 9.21 Å². The highest BCUT2D eigenvalue weighted by atomic mass is 32.2. The number of carbonyl (C=O) groups is 3. The van der Waals surface area contributed by atoms with Gasteiger partial charge in [-0.3, -0.25) is 19.3 Å². The Morgan fingerprint density at radius 2 is 1.62 bits per heavy atom. The molecule has 0 aromatic heterocycles. The van der Waals surface area contributed by atoms with E-state index in [9.17, 15) is 22.8 Å². The fourth-order valence-electron chi connectivity index (χ4n) is 3.94. The van der Waals surface area contributed by atoms with E-state index < -0.39 is 15.9 Å². The van der Waals surface area contributed by atoms with Gasteiger partial charge in [-0.25, -0.2) is 8.42 Å². The predicted molar refractivity (Wildman–Crippen MR) is 121 cm³/mol. The van der Waals surface area contributed by atoms with Crippen LogP contribution in [0.5, 0.6) is 0 Å². The second-order valence-electron chi connectivity index (χ2n) is 7.77. The maximum atomic E-state index is 12.9. The first-order chi connectivity index (χ1) is 15.2. The molecule has 0 spiro atoms. The summed E-state index contributed by atoms with van der Waals surface area (Å²) in [7, 11) is -2.18. The molecule has 0 saturated carbocycles. The standard InChI is InChI=1S/C22H23N3O5S2/c1-24-21(27)18-8-3-15(13-19(18)22(24)28)23-20(26)14-9-11-25(12-10-14)32(29,30)17-6-4-16(31-2)5-7-17/h3-8,13-14H,9-12H2,1-2H3,(H,23,26). The van der Waals surface area contributed by atoms with Gasteiger partial charge in [0.15, 0.2) is 0 Å². The Bertz CT molecular complexity index is 1190. The number of nitrogens with zero attached hydrogens (tertiary/aromatic N) is 2. The molecule has 2 aliphatic heterocycles. The van der Waals surface area contributed by atoms with Crippen molar-refractivity contribution in [2.24, 2.45) is 5.92 Å². The summed E-state index contributed by atoms with van der Waals surface area (Å²) in [5.74, 6) is -1.32. The van der Waals surface area contributed by atoms with Gasteiger partial charge >= 0.3 is 0 Å². The molecule has 168 valence electrons. The van der Waals surface area contributed by atoms with Crippen molar-refractivity contribution in [2.75, 3.05) is 31.7 Å². The first-order valence-electron chi connectivity index (χ1n) is 10.1. The topological polar surface area (TPSA) is 104 Å². The van der Waals surface area contributed by atoms with Crippen LogP contribution in [0.4, 0.5) is 5.69 Å². The molecule has 2 heterocycles. The zero-order valence-electron chi connectivity index (χ0n) is 17.7. The Balaban J connectivity index is 1.39. The highest BCUT2D eigenvalue weighted by molar-refractivity contribution is 7.98. The van der Waals surface area contributed by atoms with Crippen molar-refractivity contribution in [3.63, 3.8) is 0 Å². The predicted octanol–water partition coefficient (Wildman–Crippen LogP) is 2.67. The minimum atomic E-state index is -3.60. The zero-order chi connectivity index (χ0) is 23.0. The molecule has 0 aliphatic carbocycles. The number of hydrogen-bond donors (Lipinski definition) is 1. The van der Waals surface area contributed by atoms with Crippen LogP contribution in [0.15, 0.2) is 52.3 Å². The molecule has 1 saturated heterocycles. The fraction of sp³-hybridized carbons (Fsp3) is 0.318.